The summed E-state index contributed by atoms with van der Waals surface area (Å²) in [6.45, 7) is 3.64. The van der Waals surface area contributed by atoms with Crippen LogP contribution in [0.1, 0.15) is 31.2 Å². The Morgan fingerprint density at radius 1 is 1.56 bits per heavy atom. The van der Waals surface area contributed by atoms with Crippen LogP contribution < -0.4 is 4.74 Å². The second-order valence-corrected chi connectivity index (χ2v) is 4.02. The predicted molar refractivity (Wildman–Crippen MR) is 61.5 cm³/mol. The van der Waals surface area contributed by atoms with Crippen molar-refractivity contribution < 1.29 is 13.9 Å². The molecule has 1 atom stereocenters. The maximum absolute atomic E-state index is 13.2. The Bertz CT molecular complexity index is 379. The lowest BCUT2D eigenvalue weighted by Gasteiger charge is -2.11. The van der Waals surface area contributed by atoms with E-state index >= 15 is 0 Å². The molecule has 0 spiro atoms. The van der Waals surface area contributed by atoms with Gasteiger partial charge in [0.05, 0.1) is 12.0 Å². The summed E-state index contributed by atoms with van der Waals surface area (Å²) in [5.41, 5.74) is 0.696. The van der Waals surface area contributed by atoms with Crippen LogP contribution in [0, 0.1) is 5.82 Å². The van der Waals surface area contributed by atoms with Gasteiger partial charge in [-0.1, -0.05) is 6.07 Å². The normalized spacial score (nSPS) is 12.2. The van der Waals surface area contributed by atoms with Crippen LogP contribution in [0.2, 0.25) is 0 Å². The van der Waals surface area contributed by atoms with E-state index in [1.54, 1.807) is 19.1 Å². The number of alkyl halides is 1. The van der Waals surface area contributed by atoms with Crippen molar-refractivity contribution in [3.05, 3.63) is 29.6 Å². The number of carbonyl (C=O) groups is 1. The van der Waals surface area contributed by atoms with Gasteiger partial charge in [0.1, 0.15) is 5.78 Å². The second kappa shape index (κ2) is 5.85. The lowest BCUT2D eigenvalue weighted by Crippen LogP contribution is -2.00. The highest BCUT2D eigenvalue weighted by Crippen LogP contribution is 2.29. The molecule has 1 aromatic carbocycles. The molecule has 0 aliphatic carbocycles. The van der Waals surface area contributed by atoms with Gasteiger partial charge in [-0.05, 0) is 31.5 Å². The van der Waals surface area contributed by atoms with Crippen molar-refractivity contribution in [1.82, 2.24) is 0 Å². The fourth-order valence-electron chi connectivity index (χ4n) is 1.35. The fourth-order valence-corrected chi connectivity index (χ4v) is 1.70. The number of hydrogen-bond acceptors (Lipinski definition) is 2. The van der Waals surface area contributed by atoms with E-state index in [0.29, 0.717) is 12.2 Å². The molecule has 2 nitrogen and oxygen atoms in total. The van der Waals surface area contributed by atoms with Gasteiger partial charge in [0, 0.05) is 6.42 Å². The maximum atomic E-state index is 13.2. The summed E-state index contributed by atoms with van der Waals surface area (Å²) in [5, 5.41) is -0.433. The smallest absolute Gasteiger partial charge is 0.165 e. The highest BCUT2D eigenvalue weighted by atomic mass is 35.5. The molecule has 0 N–H and O–H groups in total. The number of rotatable bonds is 5. The molecule has 16 heavy (non-hydrogen) atoms. The minimum absolute atomic E-state index is 0.00212. The topological polar surface area (TPSA) is 26.3 Å². The Labute approximate surface area is 99.4 Å². The zero-order chi connectivity index (χ0) is 12.1. The molecule has 1 aromatic rings. The van der Waals surface area contributed by atoms with Crippen molar-refractivity contribution in [3.63, 3.8) is 0 Å². The number of ether oxygens (including phenoxy) is 1. The van der Waals surface area contributed by atoms with Crippen LogP contribution in [0.15, 0.2) is 18.2 Å². The molecule has 0 saturated carbocycles. The average molecular weight is 245 g/mol. The molecule has 0 saturated heterocycles. The Kier molecular flexibility index (Phi) is 4.74. The third-order valence-electron chi connectivity index (χ3n) is 2.08. The number of benzene rings is 1. The number of ketones is 1. The van der Waals surface area contributed by atoms with E-state index in [1.165, 1.54) is 13.0 Å². The summed E-state index contributed by atoms with van der Waals surface area (Å²) in [4.78, 5) is 10.9. The van der Waals surface area contributed by atoms with Crippen LogP contribution in [0.25, 0.3) is 0 Å². The van der Waals surface area contributed by atoms with Gasteiger partial charge in [0.25, 0.3) is 0 Å². The molecule has 0 radical (unpaired) electrons. The summed E-state index contributed by atoms with van der Waals surface area (Å²) < 4.78 is 18.4. The predicted octanol–water partition coefficient (Wildman–Crippen LogP) is 3.48. The summed E-state index contributed by atoms with van der Waals surface area (Å²) in [6, 6.07) is 4.41. The van der Waals surface area contributed by atoms with E-state index in [1.807, 2.05) is 0 Å². The first kappa shape index (κ1) is 13.0. The van der Waals surface area contributed by atoms with E-state index in [9.17, 15) is 9.18 Å². The Balaban J connectivity index is 2.88. The van der Waals surface area contributed by atoms with Gasteiger partial charge >= 0.3 is 0 Å². The molecule has 0 aromatic heterocycles. The molecule has 0 fully saturated rings. The van der Waals surface area contributed by atoms with E-state index in [-0.39, 0.29) is 18.0 Å². The van der Waals surface area contributed by atoms with Crippen molar-refractivity contribution in [1.29, 1.82) is 0 Å². The molecular weight excluding hydrogens is 231 g/mol. The SMILES string of the molecule is CCOc1cc(C(Cl)CC(C)=O)ccc1F. The molecule has 0 aliphatic rings. The van der Waals surface area contributed by atoms with Gasteiger partial charge < -0.3 is 4.74 Å². The van der Waals surface area contributed by atoms with Crippen molar-refractivity contribution in [2.45, 2.75) is 25.6 Å². The van der Waals surface area contributed by atoms with E-state index in [2.05, 4.69) is 0 Å². The summed E-state index contributed by atoms with van der Waals surface area (Å²) >= 11 is 6.03. The molecular formula is C12H14ClFO2. The van der Waals surface area contributed by atoms with E-state index in [4.69, 9.17) is 16.3 Å². The summed E-state index contributed by atoms with van der Waals surface area (Å²) in [6.07, 6.45) is 0.235. The summed E-state index contributed by atoms with van der Waals surface area (Å²) in [5.74, 6) is -0.242. The minimum Gasteiger partial charge on any atom is -0.491 e. The lowest BCUT2D eigenvalue weighted by molar-refractivity contribution is -0.117. The summed E-state index contributed by atoms with van der Waals surface area (Å²) in [7, 11) is 0. The first-order chi connectivity index (χ1) is 7.54. The largest absolute Gasteiger partial charge is 0.491 e. The van der Waals surface area contributed by atoms with Crippen LogP contribution in [0.3, 0.4) is 0 Å². The highest BCUT2D eigenvalue weighted by molar-refractivity contribution is 6.21. The van der Waals surface area contributed by atoms with Crippen LogP contribution in [0.4, 0.5) is 4.39 Å². The van der Waals surface area contributed by atoms with Gasteiger partial charge in [-0.15, -0.1) is 11.6 Å². The van der Waals surface area contributed by atoms with E-state index in [0.717, 1.165) is 0 Å². The van der Waals surface area contributed by atoms with Crippen molar-refractivity contribution in [2.24, 2.45) is 0 Å². The van der Waals surface area contributed by atoms with Crippen molar-refractivity contribution in [3.8, 4) is 5.75 Å². The Hall–Kier alpha value is -1.09. The van der Waals surface area contributed by atoms with Gasteiger partial charge in [-0.2, -0.15) is 0 Å². The molecule has 0 aliphatic heterocycles. The molecule has 0 bridgehead atoms. The van der Waals surface area contributed by atoms with Crippen LogP contribution in [-0.4, -0.2) is 12.4 Å². The minimum atomic E-state index is -0.433. The lowest BCUT2D eigenvalue weighted by atomic mass is 10.1. The van der Waals surface area contributed by atoms with Crippen molar-refractivity contribution >= 4 is 17.4 Å². The van der Waals surface area contributed by atoms with Crippen LogP contribution >= 0.6 is 11.6 Å². The van der Waals surface area contributed by atoms with Crippen LogP contribution in [-0.2, 0) is 4.79 Å². The van der Waals surface area contributed by atoms with E-state index < -0.39 is 11.2 Å². The van der Waals surface area contributed by atoms with Gasteiger partial charge in [-0.3, -0.25) is 4.79 Å². The zero-order valence-electron chi connectivity index (χ0n) is 9.30. The third-order valence-corrected chi connectivity index (χ3v) is 2.49. The first-order valence-corrected chi connectivity index (χ1v) is 5.54. The standard InChI is InChI=1S/C12H14ClFO2/c1-3-16-12-7-9(4-5-11(12)14)10(13)6-8(2)15/h4-5,7,10H,3,6H2,1-2H3. The number of hydrogen-bond donors (Lipinski definition) is 0. The van der Waals surface area contributed by atoms with Crippen LogP contribution in [0.5, 0.6) is 5.75 Å². The highest BCUT2D eigenvalue weighted by Gasteiger charge is 2.13. The average Bonchev–Trinajstić information content (AvgIpc) is 2.20. The molecule has 1 unspecified atom stereocenters. The third kappa shape index (κ3) is 3.49. The Morgan fingerprint density at radius 2 is 2.25 bits per heavy atom. The number of Topliss-reactive ketones (excluding diaryl/α,β-unsaturated/α-hetero) is 1. The Morgan fingerprint density at radius 3 is 2.81 bits per heavy atom. The maximum Gasteiger partial charge on any atom is 0.165 e. The zero-order valence-corrected chi connectivity index (χ0v) is 10.1. The number of halogens is 2. The van der Waals surface area contributed by atoms with Gasteiger partial charge in [-0.25, -0.2) is 4.39 Å². The first-order valence-electron chi connectivity index (χ1n) is 5.10. The van der Waals surface area contributed by atoms with Gasteiger partial charge in [0.2, 0.25) is 0 Å². The molecule has 4 heteroatoms. The van der Waals surface area contributed by atoms with Gasteiger partial charge in [0.15, 0.2) is 11.6 Å². The molecule has 1 rings (SSSR count). The molecule has 0 amide bonds. The second-order valence-electron chi connectivity index (χ2n) is 3.50. The monoisotopic (exact) mass is 244 g/mol. The molecule has 88 valence electrons. The van der Waals surface area contributed by atoms with Crippen molar-refractivity contribution in [2.75, 3.05) is 6.61 Å². The molecule has 0 heterocycles. The number of carbonyl (C=O) groups excluding carboxylic acids is 1. The quantitative estimate of drug-likeness (QED) is 0.742. The fraction of sp³-hybridized carbons (Fsp3) is 0.417.